The highest BCUT2D eigenvalue weighted by atomic mass is 19.3. The van der Waals surface area contributed by atoms with Gasteiger partial charge >= 0.3 is 0 Å². The predicted octanol–water partition coefficient (Wildman–Crippen LogP) is 1.13. The van der Waals surface area contributed by atoms with Crippen molar-refractivity contribution in [3.8, 4) is 0 Å². The Balaban J connectivity index is 1.60. The molecule has 1 aromatic heterocycles. The van der Waals surface area contributed by atoms with Gasteiger partial charge in [0.15, 0.2) is 0 Å². The smallest absolute Gasteiger partial charge is 0.262 e. The molecule has 0 spiro atoms. The number of carbonyl (C=O) groups is 1. The summed E-state index contributed by atoms with van der Waals surface area (Å²) < 4.78 is 28.4. The first-order valence-electron chi connectivity index (χ1n) is 8.12. The average Bonchev–Trinajstić information content (AvgIpc) is 3.00. The molecule has 3 rings (SSSR count). The fourth-order valence-corrected chi connectivity index (χ4v) is 3.50. The molecule has 128 valence electrons. The number of likely N-dealkylation sites (tertiary alicyclic amines) is 1. The van der Waals surface area contributed by atoms with Gasteiger partial charge in [-0.3, -0.25) is 10.1 Å². The standard InChI is InChI=1S/C15H23F2N5O/c1-10-19-11(2)22(20-10)8-12-4-3-5-21(7-12)14(23)13-6-15(16,17)9-18-13/h12-13,18H,3-9H2,1-2H3. The second kappa shape index (κ2) is 6.14. The van der Waals surface area contributed by atoms with Gasteiger partial charge in [-0.25, -0.2) is 18.4 Å². The molecule has 3 heterocycles. The molecular formula is C15H23F2N5O. The van der Waals surface area contributed by atoms with Crippen molar-refractivity contribution in [1.82, 2.24) is 25.0 Å². The van der Waals surface area contributed by atoms with Crippen LogP contribution in [0.25, 0.3) is 0 Å². The maximum Gasteiger partial charge on any atom is 0.262 e. The molecule has 2 saturated heterocycles. The highest BCUT2D eigenvalue weighted by Gasteiger charge is 2.44. The first kappa shape index (κ1) is 16.3. The molecule has 2 aliphatic heterocycles. The minimum absolute atomic E-state index is 0.196. The number of amides is 1. The van der Waals surface area contributed by atoms with Gasteiger partial charge in [-0.1, -0.05) is 0 Å². The van der Waals surface area contributed by atoms with Gasteiger partial charge in [0, 0.05) is 26.1 Å². The fraction of sp³-hybridized carbons (Fsp3) is 0.800. The minimum Gasteiger partial charge on any atom is -0.341 e. The van der Waals surface area contributed by atoms with Crippen molar-refractivity contribution >= 4 is 5.91 Å². The summed E-state index contributed by atoms with van der Waals surface area (Å²) in [5.41, 5.74) is 0. The maximum absolute atomic E-state index is 13.3. The zero-order valence-electron chi connectivity index (χ0n) is 13.6. The van der Waals surface area contributed by atoms with Crippen molar-refractivity contribution in [3.05, 3.63) is 11.6 Å². The number of nitrogens with zero attached hydrogens (tertiary/aromatic N) is 4. The molecule has 0 aromatic carbocycles. The summed E-state index contributed by atoms with van der Waals surface area (Å²) in [6.07, 6.45) is 1.51. The van der Waals surface area contributed by atoms with Gasteiger partial charge in [-0.05, 0) is 32.6 Å². The molecule has 2 fully saturated rings. The summed E-state index contributed by atoms with van der Waals surface area (Å²) in [5, 5.41) is 7.01. The van der Waals surface area contributed by atoms with E-state index in [0.29, 0.717) is 19.6 Å². The Morgan fingerprint density at radius 3 is 2.83 bits per heavy atom. The number of carbonyl (C=O) groups excluding carboxylic acids is 1. The lowest BCUT2D eigenvalue weighted by molar-refractivity contribution is -0.135. The number of halogens is 2. The van der Waals surface area contributed by atoms with Crippen LogP contribution in [-0.2, 0) is 11.3 Å². The van der Waals surface area contributed by atoms with Crippen LogP contribution in [0.4, 0.5) is 8.78 Å². The normalized spacial score (nSPS) is 27.4. The third kappa shape index (κ3) is 3.68. The predicted molar refractivity (Wildman–Crippen MR) is 80.2 cm³/mol. The second-order valence-corrected chi connectivity index (χ2v) is 6.67. The van der Waals surface area contributed by atoms with Crippen LogP contribution in [0.15, 0.2) is 0 Å². The number of rotatable bonds is 3. The van der Waals surface area contributed by atoms with Gasteiger partial charge in [0.25, 0.3) is 5.92 Å². The second-order valence-electron chi connectivity index (χ2n) is 6.67. The number of hydrogen-bond donors (Lipinski definition) is 1. The zero-order chi connectivity index (χ0) is 16.6. The highest BCUT2D eigenvalue weighted by Crippen LogP contribution is 2.27. The van der Waals surface area contributed by atoms with E-state index in [0.717, 1.165) is 24.5 Å². The molecule has 1 N–H and O–H groups in total. The summed E-state index contributed by atoms with van der Waals surface area (Å²) in [6, 6.07) is -0.751. The Labute approximate surface area is 134 Å². The van der Waals surface area contributed by atoms with Gasteiger partial charge < -0.3 is 4.90 Å². The van der Waals surface area contributed by atoms with E-state index < -0.39 is 24.9 Å². The Bertz CT molecular complexity index is 588. The molecule has 0 saturated carbocycles. The molecular weight excluding hydrogens is 304 g/mol. The summed E-state index contributed by atoms with van der Waals surface area (Å²) in [7, 11) is 0. The number of hydrogen-bond acceptors (Lipinski definition) is 4. The van der Waals surface area contributed by atoms with Crippen molar-refractivity contribution < 1.29 is 13.6 Å². The van der Waals surface area contributed by atoms with Crippen LogP contribution in [0.1, 0.15) is 30.9 Å². The topological polar surface area (TPSA) is 63.1 Å². The van der Waals surface area contributed by atoms with E-state index in [-0.39, 0.29) is 11.8 Å². The van der Waals surface area contributed by atoms with E-state index >= 15 is 0 Å². The minimum atomic E-state index is -2.77. The number of aromatic nitrogens is 3. The SMILES string of the molecule is Cc1nc(C)n(CC2CCCN(C(=O)C3CC(F)(F)CN3)C2)n1. The summed E-state index contributed by atoms with van der Waals surface area (Å²) in [4.78, 5) is 18.5. The molecule has 6 nitrogen and oxygen atoms in total. The molecule has 8 heteroatoms. The van der Waals surface area contributed by atoms with E-state index in [1.54, 1.807) is 4.90 Å². The Hall–Kier alpha value is -1.57. The van der Waals surface area contributed by atoms with Gasteiger partial charge in [0.1, 0.15) is 11.6 Å². The van der Waals surface area contributed by atoms with Crippen LogP contribution in [0.2, 0.25) is 0 Å². The summed E-state index contributed by atoms with van der Waals surface area (Å²) >= 11 is 0. The molecule has 1 amide bonds. The third-order valence-corrected chi connectivity index (χ3v) is 4.63. The van der Waals surface area contributed by atoms with Crippen LogP contribution >= 0.6 is 0 Å². The number of aryl methyl sites for hydroxylation is 2. The van der Waals surface area contributed by atoms with Crippen LogP contribution in [-0.4, -0.2) is 57.2 Å². The van der Waals surface area contributed by atoms with E-state index in [9.17, 15) is 13.6 Å². The van der Waals surface area contributed by atoms with Crippen LogP contribution in [0.5, 0.6) is 0 Å². The third-order valence-electron chi connectivity index (χ3n) is 4.63. The number of nitrogens with one attached hydrogen (secondary N) is 1. The summed E-state index contributed by atoms with van der Waals surface area (Å²) in [6.45, 7) is 5.32. The number of alkyl halides is 2. The Morgan fingerprint density at radius 1 is 1.43 bits per heavy atom. The van der Waals surface area contributed by atoms with Gasteiger partial charge in [-0.2, -0.15) is 5.10 Å². The summed E-state index contributed by atoms with van der Waals surface area (Å²) in [5.74, 6) is -1.08. The van der Waals surface area contributed by atoms with E-state index in [4.69, 9.17) is 0 Å². The molecule has 1 aromatic rings. The van der Waals surface area contributed by atoms with Crippen LogP contribution < -0.4 is 5.32 Å². The molecule has 2 atom stereocenters. The Kier molecular flexibility index (Phi) is 4.35. The monoisotopic (exact) mass is 327 g/mol. The lowest BCUT2D eigenvalue weighted by atomic mass is 9.97. The van der Waals surface area contributed by atoms with E-state index in [1.807, 2.05) is 18.5 Å². The van der Waals surface area contributed by atoms with Crippen LogP contribution in [0.3, 0.4) is 0 Å². The zero-order valence-corrected chi connectivity index (χ0v) is 13.6. The fourth-order valence-electron chi connectivity index (χ4n) is 3.50. The van der Waals surface area contributed by atoms with Crippen molar-refractivity contribution in [2.75, 3.05) is 19.6 Å². The van der Waals surface area contributed by atoms with Crippen molar-refractivity contribution in [3.63, 3.8) is 0 Å². The first-order chi connectivity index (χ1) is 10.8. The van der Waals surface area contributed by atoms with Crippen molar-refractivity contribution in [1.29, 1.82) is 0 Å². The molecule has 23 heavy (non-hydrogen) atoms. The van der Waals surface area contributed by atoms with E-state index in [1.165, 1.54) is 0 Å². The maximum atomic E-state index is 13.3. The van der Waals surface area contributed by atoms with Crippen LogP contribution in [0, 0.1) is 19.8 Å². The molecule has 0 radical (unpaired) electrons. The molecule has 2 unspecified atom stereocenters. The molecule has 0 bridgehead atoms. The van der Waals surface area contributed by atoms with Gasteiger partial charge in [0.05, 0.1) is 12.6 Å². The van der Waals surface area contributed by atoms with Crippen molar-refractivity contribution in [2.45, 2.75) is 51.6 Å². The Morgan fingerprint density at radius 2 is 2.22 bits per heavy atom. The van der Waals surface area contributed by atoms with Gasteiger partial charge in [0.2, 0.25) is 5.91 Å². The van der Waals surface area contributed by atoms with E-state index in [2.05, 4.69) is 15.4 Å². The molecule has 0 aliphatic carbocycles. The largest absolute Gasteiger partial charge is 0.341 e. The number of piperidine rings is 1. The lowest BCUT2D eigenvalue weighted by Gasteiger charge is -2.34. The van der Waals surface area contributed by atoms with Crippen molar-refractivity contribution in [2.24, 2.45) is 5.92 Å². The van der Waals surface area contributed by atoms with Gasteiger partial charge in [-0.15, -0.1) is 0 Å². The average molecular weight is 327 g/mol. The quantitative estimate of drug-likeness (QED) is 0.904. The lowest BCUT2D eigenvalue weighted by Crippen LogP contribution is -2.48. The molecule has 2 aliphatic rings. The highest BCUT2D eigenvalue weighted by molar-refractivity contribution is 5.82. The first-order valence-corrected chi connectivity index (χ1v) is 8.12.